The normalized spacial score (nSPS) is 17.5. The minimum Gasteiger partial charge on any atom is -0.444 e. The summed E-state index contributed by atoms with van der Waals surface area (Å²) in [5, 5.41) is 3.25. The Morgan fingerprint density at radius 1 is 1.40 bits per heavy atom. The summed E-state index contributed by atoms with van der Waals surface area (Å²) in [7, 11) is 0. The van der Waals surface area contributed by atoms with Crippen molar-refractivity contribution in [2.24, 2.45) is 0 Å². The maximum atomic E-state index is 11.9. The van der Waals surface area contributed by atoms with E-state index in [0.717, 1.165) is 32.6 Å². The van der Waals surface area contributed by atoms with Gasteiger partial charge in [0.05, 0.1) is 0 Å². The molecule has 15 heavy (non-hydrogen) atoms. The molecule has 0 unspecified atom stereocenters. The SMILES string of the molecule is O=C(c1ccc(Br)o1)N1CCCNCC1. The molecule has 2 rings (SSSR count). The van der Waals surface area contributed by atoms with E-state index in [-0.39, 0.29) is 5.91 Å². The lowest BCUT2D eigenvalue weighted by Gasteiger charge is -2.18. The fourth-order valence-electron chi connectivity index (χ4n) is 1.63. The molecule has 1 aliphatic heterocycles. The number of halogens is 1. The Bertz CT molecular complexity index is 343. The van der Waals surface area contributed by atoms with Crippen molar-refractivity contribution in [3.05, 3.63) is 22.6 Å². The molecule has 0 aromatic carbocycles. The third kappa shape index (κ3) is 2.60. The van der Waals surface area contributed by atoms with Crippen LogP contribution in [0.2, 0.25) is 0 Å². The predicted molar refractivity (Wildman–Crippen MR) is 59.8 cm³/mol. The number of furan rings is 1. The molecule has 1 amide bonds. The Balaban J connectivity index is 2.06. The molecule has 0 atom stereocenters. The Hall–Kier alpha value is -0.810. The molecule has 1 aromatic rings. The van der Waals surface area contributed by atoms with Crippen LogP contribution in [0, 0.1) is 0 Å². The summed E-state index contributed by atoms with van der Waals surface area (Å²) in [6.07, 6.45) is 0.994. The van der Waals surface area contributed by atoms with Gasteiger partial charge < -0.3 is 14.6 Å². The monoisotopic (exact) mass is 272 g/mol. The summed E-state index contributed by atoms with van der Waals surface area (Å²) in [5.74, 6) is 0.383. The van der Waals surface area contributed by atoms with Gasteiger partial charge in [-0.2, -0.15) is 0 Å². The fourth-order valence-corrected chi connectivity index (χ4v) is 1.94. The van der Waals surface area contributed by atoms with Gasteiger partial charge in [-0.25, -0.2) is 0 Å². The van der Waals surface area contributed by atoms with Gasteiger partial charge in [0, 0.05) is 19.6 Å². The highest BCUT2D eigenvalue weighted by Gasteiger charge is 2.19. The third-order valence-electron chi connectivity index (χ3n) is 2.41. The molecule has 1 N–H and O–H groups in total. The molecule has 2 heterocycles. The summed E-state index contributed by atoms with van der Waals surface area (Å²) >= 11 is 3.19. The van der Waals surface area contributed by atoms with E-state index in [1.54, 1.807) is 12.1 Å². The van der Waals surface area contributed by atoms with E-state index < -0.39 is 0 Å². The topological polar surface area (TPSA) is 45.5 Å². The van der Waals surface area contributed by atoms with Crippen LogP contribution in [0.1, 0.15) is 17.0 Å². The molecule has 1 aliphatic rings. The summed E-state index contributed by atoms with van der Waals surface area (Å²) in [5.41, 5.74) is 0. The van der Waals surface area contributed by atoms with Crippen molar-refractivity contribution in [1.29, 1.82) is 0 Å². The first-order chi connectivity index (χ1) is 7.27. The first-order valence-corrected chi connectivity index (χ1v) is 5.82. The highest BCUT2D eigenvalue weighted by molar-refractivity contribution is 9.10. The van der Waals surface area contributed by atoms with Crippen molar-refractivity contribution in [2.75, 3.05) is 26.2 Å². The number of amides is 1. The largest absolute Gasteiger partial charge is 0.444 e. The van der Waals surface area contributed by atoms with Gasteiger partial charge in [0.25, 0.3) is 5.91 Å². The number of carbonyl (C=O) groups is 1. The van der Waals surface area contributed by atoms with Crippen LogP contribution in [0.5, 0.6) is 0 Å². The molecule has 0 aliphatic carbocycles. The average molecular weight is 273 g/mol. The molecule has 0 bridgehead atoms. The lowest BCUT2D eigenvalue weighted by atomic mass is 10.3. The van der Waals surface area contributed by atoms with Crippen LogP contribution in [0.25, 0.3) is 0 Å². The molecule has 1 saturated heterocycles. The number of hydrogen-bond acceptors (Lipinski definition) is 3. The van der Waals surface area contributed by atoms with Gasteiger partial charge in [-0.15, -0.1) is 0 Å². The molecule has 82 valence electrons. The van der Waals surface area contributed by atoms with E-state index in [1.807, 2.05) is 4.90 Å². The van der Waals surface area contributed by atoms with Crippen LogP contribution in [0.15, 0.2) is 21.2 Å². The Morgan fingerprint density at radius 2 is 2.27 bits per heavy atom. The van der Waals surface area contributed by atoms with Crippen molar-refractivity contribution in [2.45, 2.75) is 6.42 Å². The number of nitrogens with one attached hydrogen (secondary N) is 1. The minimum atomic E-state index is -0.0237. The average Bonchev–Trinajstić information content (AvgIpc) is 2.53. The predicted octanol–water partition coefficient (Wildman–Crippen LogP) is 1.48. The molecule has 0 radical (unpaired) electrons. The van der Waals surface area contributed by atoms with E-state index in [4.69, 9.17) is 4.42 Å². The van der Waals surface area contributed by atoms with Gasteiger partial charge in [0.1, 0.15) is 0 Å². The van der Waals surface area contributed by atoms with E-state index in [2.05, 4.69) is 21.2 Å². The molecule has 5 heteroatoms. The van der Waals surface area contributed by atoms with Gasteiger partial charge in [-0.05, 0) is 41.0 Å². The van der Waals surface area contributed by atoms with E-state index in [0.29, 0.717) is 10.4 Å². The number of hydrogen-bond donors (Lipinski definition) is 1. The maximum Gasteiger partial charge on any atom is 0.289 e. The lowest BCUT2D eigenvalue weighted by Crippen LogP contribution is -2.33. The van der Waals surface area contributed by atoms with Gasteiger partial charge in [0.15, 0.2) is 10.4 Å². The quantitative estimate of drug-likeness (QED) is 0.843. The van der Waals surface area contributed by atoms with Crippen molar-refractivity contribution in [3.8, 4) is 0 Å². The van der Waals surface area contributed by atoms with Gasteiger partial charge in [-0.3, -0.25) is 4.79 Å². The standard InChI is InChI=1S/C10H13BrN2O2/c11-9-3-2-8(15-9)10(14)13-6-1-4-12-5-7-13/h2-3,12H,1,4-7H2. The van der Waals surface area contributed by atoms with Crippen molar-refractivity contribution in [3.63, 3.8) is 0 Å². The Morgan fingerprint density at radius 3 is 3.00 bits per heavy atom. The molecule has 4 nitrogen and oxygen atoms in total. The molecule has 1 fully saturated rings. The van der Waals surface area contributed by atoms with Crippen LogP contribution in [-0.4, -0.2) is 37.0 Å². The van der Waals surface area contributed by atoms with E-state index >= 15 is 0 Å². The fraction of sp³-hybridized carbons (Fsp3) is 0.500. The number of carbonyl (C=O) groups excluding carboxylic acids is 1. The molecular formula is C10H13BrN2O2. The Kier molecular flexibility index (Phi) is 3.43. The number of rotatable bonds is 1. The van der Waals surface area contributed by atoms with Crippen molar-refractivity contribution in [1.82, 2.24) is 10.2 Å². The van der Waals surface area contributed by atoms with Crippen LogP contribution >= 0.6 is 15.9 Å². The molecule has 1 aromatic heterocycles. The summed E-state index contributed by atoms with van der Waals surface area (Å²) in [6.45, 7) is 3.38. The second kappa shape index (κ2) is 4.81. The highest BCUT2D eigenvalue weighted by Crippen LogP contribution is 2.16. The number of nitrogens with zero attached hydrogens (tertiary/aromatic N) is 1. The first-order valence-electron chi connectivity index (χ1n) is 5.03. The zero-order valence-electron chi connectivity index (χ0n) is 8.33. The van der Waals surface area contributed by atoms with E-state index in [1.165, 1.54) is 0 Å². The summed E-state index contributed by atoms with van der Waals surface area (Å²) < 4.78 is 5.84. The minimum absolute atomic E-state index is 0.0237. The molecule has 0 saturated carbocycles. The molecular weight excluding hydrogens is 260 g/mol. The maximum absolute atomic E-state index is 11.9. The zero-order chi connectivity index (χ0) is 10.7. The second-order valence-corrected chi connectivity index (χ2v) is 4.28. The molecule has 0 spiro atoms. The van der Waals surface area contributed by atoms with Crippen LogP contribution in [0.3, 0.4) is 0 Å². The van der Waals surface area contributed by atoms with Gasteiger partial charge in [0.2, 0.25) is 0 Å². The van der Waals surface area contributed by atoms with Crippen LogP contribution in [0.4, 0.5) is 0 Å². The van der Waals surface area contributed by atoms with Gasteiger partial charge in [-0.1, -0.05) is 0 Å². The second-order valence-electron chi connectivity index (χ2n) is 3.50. The van der Waals surface area contributed by atoms with Crippen molar-refractivity contribution >= 4 is 21.8 Å². The van der Waals surface area contributed by atoms with Gasteiger partial charge >= 0.3 is 0 Å². The Labute approximate surface area is 96.7 Å². The first kappa shape index (κ1) is 10.7. The summed E-state index contributed by atoms with van der Waals surface area (Å²) in [4.78, 5) is 13.8. The lowest BCUT2D eigenvalue weighted by molar-refractivity contribution is 0.0733. The zero-order valence-corrected chi connectivity index (χ0v) is 9.92. The van der Waals surface area contributed by atoms with E-state index in [9.17, 15) is 4.79 Å². The smallest absolute Gasteiger partial charge is 0.289 e. The van der Waals surface area contributed by atoms with Crippen molar-refractivity contribution < 1.29 is 9.21 Å². The third-order valence-corrected chi connectivity index (χ3v) is 2.84. The summed E-state index contributed by atoms with van der Waals surface area (Å²) in [6, 6.07) is 3.44. The van der Waals surface area contributed by atoms with Crippen LogP contribution in [-0.2, 0) is 0 Å². The van der Waals surface area contributed by atoms with Crippen LogP contribution < -0.4 is 5.32 Å². The highest BCUT2D eigenvalue weighted by atomic mass is 79.9.